The van der Waals surface area contributed by atoms with Gasteiger partial charge < -0.3 is 39.5 Å². The number of carbonyl (C=O) groups is 3. The number of hydrogen-bond acceptors (Lipinski definition) is 9. The monoisotopic (exact) mass is 984 g/mol. The summed E-state index contributed by atoms with van der Waals surface area (Å²) in [4.78, 5) is 45.6. The number of amides is 2. The molecule has 4 saturated heterocycles. The van der Waals surface area contributed by atoms with Crippen LogP contribution < -0.4 is 24.3 Å². The van der Waals surface area contributed by atoms with Gasteiger partial charge in [0.05, 0.1) is 12.6 Å². The Morgan fingerprint density at radius 2 is 1.57 bits per heavy atom. The summed E-state index contributed by atoms with van der Waals surface area (Å²) in [5, 5.41) is 26.6. The molecule has 4 atom stereocenters. The summed E-state index contributed by atoms with van der Waals surface area (Å²) in [6.07, 6.45) is 5.70. The minimum absolute atomic E-state index is 0.000508. The highest BCUT2D eigenvalue weighted by atomic mass is 35.5. The predicted molar refractivity (Wildman–Crippen MR) is 252 cm³/mol. The second-order valence-electron chi connectivity index (χ2n) is 18.3. The van der Waals surface area contributed by atoms with Crippen molar-refractivity contribution in [1.29, 1.82) is 0 Å². The molecule has 0 unspecified atom stereocenters. The summed E-state index contributed by atoms with van der Waals surface area (Å²) < 4.78 is 50.6. The molecule has 69 heavy (non-hydrogen) atoms. The van der Waals surface area contributed by atoms with Crippen molar-refractivity contribution < 1.29 is 51.9 Å². The molecule has 1 aromatic heterocycles. The van der Waals surface area contributed by atoms with Crippen molar-refractivity contribution in [3.05, 3.63) is 158 Å². The molecule has 1 aliphatic carbocycles. The van der Waals surface area contributed by atoms with Crippen molar-refractivity contribution in [3.8, 4) is 17.2 Å². The molecular weight excluding hydrogens is 933 g/mol. The summed E-state index contributed by atoms with van der Waals surface area (Å²) in [5.41, 5.74) is 1.35. The van der Waals surface area contributed by atoms with Crippen LogP contribution in [-0.4, -0.2) is 83.9 Å². The quantitative estimate of drug-likeness (QED) is 0.0641. The molecule has 2 bridgehead atoms. The van der Waals surface area contributed by atoms with Crippen LogP contribution in [0.15, 0.2) is 109 Å². The number of rotatable bonds is 18. The summed E-state index contributed by atoms with van der Waals surface area (Å²) in [6.45, 7) is 0.149. The number of aromatic nitrogens is 1. The third kappa shape index (κ3) is 10.9. The summed E-state index contributed by atoms with van der Waals surface area (Å²) in [5.74, 6) is -1.96. The number of carbonyl (C=O) groups excluding carboxylic acids is 2. The van der Waals surface area contributed by atoms with Crippen LogP contribution >= 0.6 is 23.2 Å². The molecule has 5 aliphatic rings. The summed E-state index contributed by atoms with van der Waals surface area (Å²) in [6, 6.07) is 27.6. The molecule has 10 rings (SSSR count). The van der Waals surface area contributed by atoms with E-state index in [0.717, 1.165) is 74.4 Å². The second-order valence-corrected chi connectivity index (χ2v) is 19.1. The first-order chi connectivity index (χ1) is 33.3. The lowest BCUT2D eigenvalue weighted by atomic mass is 9.73. The number of likely N-dealkylation sites (tertiary alicyclic amines) is 1. The zero-order valence-electron chi connectivity index (χ0n) is 37.6. The summed E-state index contributed by atoms with van der Waals surface area (Å²) >= 11 is 13.2. The number of aliphatic carboxylic acids is 1. The number of benzene rings is 4. The van der Waals surface area contributed by atoms with Gasteiger partial charge in [0, 0.05) is 30.1 Å². The number of carboxylic acid groups (broad SMARTS) is 1. The number of piperidine rings is 3. The van der Waals surface area contributed by atoms with Crippen molar-refractivity contribution in [2.24, 2.45) is 11.8 Å². The Hall–Kier alpha value is -6.16. The van der Waals surface area contributed by atoms with Gasteiger partial charge in [-0.2, -0.15) is 13.5 Å². The van der Waals surface area contributed by atoms with Gasteiger partial charge in [-0.05, 0) is 129 Å². The number of alkyl carbamates (subject to hydrolysis) is 1. The Morgan fingerprint density at radius 3 is 2.23 bits per heavy atom. The van der Waals surface area contributed by atoms with Crippen molar-refractivity contribution in [1.82, 2.24) is 15.1 Å². The van der Waals surface area contributed by atoms with Gasteiger partial charge in [0.25, 0.3) is 5.91 Å². The van der Waals surface area contributed by atoms with Crippen LogP contribution in [0.3, 0.4) is 0 Å². The molecule has 5 aromatic rings. The van der Waals surface area contributed by atoms with Gasteiger partial charge in [-0.1, -0.05) is 83.9 Å². The van der Waals surface area contributed by atoms with E-state index in [2.05, 4.69) is 10.2 Å². The molecule has 0 spiro atoms. The largest absolute Gasteiger partial charge is 0.619 e. The van der Waals surface area contributed by atoms with E-state index in [1.165, 1.54) is 23.1 Å². The smallest absolute Gasteiger partial charge is 0.408 e. The average molecular weight is 986 g/mol. The number of halogens is 4. The van der Waals surface area contributed by atoms with Crippen LogP contribution in [0.25, 0.3) is 0 Å². The number of carboxylic acids is 1. The molecule has 4 aliphatic heterocycles. The lowest BCUT2D eigenvalue weighted by Gasteiger charge is -2.43. The summed E-state index contributed by atoms with van der Waals surface area (Å²) in [7, 11) is 0. The lowest BCUT2D eigenvalue weighted by molar-refractivity contribution is -0.605. The van der Waals surface area contributed by atoms with E-state index in [4.69, 9.17) is 42.1 Å². The Kier molecular flexibility index (Phi) is 14.5. The SMILES string of the molecule is O=C(N[C@@H](c1ccccc1)c1cccc(OCc2ccc(C(=O)N3CCC[C@@]3(C(=O)O)[C@@H](Cc3c(Cl)c[n+]([O-])cc3Cl)c3ccc(OC(F)F)c(OCC4CC4)c3)cc2)c1)O[C@H]1CN2CCC1CC2. The van der Waals surface area contributed by atoms with Crippen LogP contribution in [0, 0.1) is 17.0 Å². The zero-order valence-corrected chi connectivity index (χ0v) is 39.1. The topological polar surface area (TPSA) is 154 Å². The minimum Gasteiger partial charge on any atom is -0.619 e. The van der Waals surface area contributed by atoms with Crippen molar-refractivity contribution >= 4 is 41.2 Å². The van der Waals surface area contributed by atoms with Gasteiger partial charge in [0.2, 0.25) is 0 Å². The van der Waals surface area contributed by atoms with Gasteiger partial charge >= 0.3 is 18.7 Å². The number of fused-ring (bicyclic) bond motifs is 3. The molecular formula is C52H52Cl2F2N4O9. The van der Waals surface area contributed by atoms with E-state index >= 15 is 0 Å². The van der Waals surface area contributed by atoms with E-state index in [9.17, 15) is 33.5 Å². The number of nitrogens with zero attached hydrogens (tertiary/aromatic N) is 3. The van der Waals surface area contributed by atoms with Gasteiger partial charge in [0.1, 0.15) is 34.0 Å². The second kappa shape index (κ2) is 20.8. The number of pyridine rings is 1. The van der Waals surface area contributed by atoms with Crippen LogP contribution in [0.5, 0.6) is 17.2 Å². The van der Waals surface area contributed by atoms with Gasteiger partial charge in [-0.15, -0.1) is 0 Å². The zero-order chi connectivity index (χ0) is 48.2. The number of alkyl halides is 2. The van der Waals surface area contributed by atoms with E-state index < -0.39 is 42.1 Å². The Balaban J connectivity index is 0.942. The molecule has 13 nitrogen and oxygen atoms in total. The molecule has 5 heterocycles. The molecule has 1 saturated carbocycles. The predicted octanol–water partition coefficient (Wildman–Crippen LogP) is 9.59. The molecule has 362 valence electrons. The maximum atomic E-state index is 14.7. The Labute approximate surface area is 408 Å². The molecule has 5 fully saturated rings. The van der Waals surface area contributed by atoms with E-state index in [1.807, 2.05) is 54.6 Å². The molecule has 0 radical (unpaired) electrons. The first-order valence-electron chi connectivity index (χ1n) is 23.2. The fourth-order valence-electron chi connectivity index (χ4n) is 10.1. The number of nitrogens with one attached hydrogen (secondary N) is 1. The first-order valence-corrected chi connectivity index (χ1v) is 24.0. The lowest BCUT2D eigenvalue weighted by Crippen LogP contribution is -2.57. The highest BCUT2D eigenvalue weighted by Gasteiger charge is 2.56. The maximum Gasteiger partial charge on any atom is 0.408 e. The first kappa shape index (κ1) is 47.9. The van der Waals surface area contributed by atoms with Crippen LogP contribution in [0.2, 0.25) is 10.0 Å². The van der Waals surface area contributed by atoms with Crippen molar-refractivity contribution in [2.75, 3.05) is 32.8 Å². The fourth-order valence-corrected chi connectivity index (χ4v) is 10.7. The number of ether oxygens (including phenoxy) is 4. The minimum atomic E-state index is -3.15. The van der Waals surface area contributed by atoms with Gasteiger partial charge in [-0.3, -0.25) is 9.69 Å². The van der Waals surface area contributed by atoms with E-state index in [0.29, 0.717) is 28.4 Å². The van der Waals surface area contributed by atoms with Gasteiger partial charge in [0.15, 0.2) is 23.9 Å². The van der Waals surface area contributed by atoms with Crippen molar-refractivity contribution in [3.63, 3.8) is 0 Å². The average Bonchev–Trinajstić information content (AvgIpc) is 4.07. The molecule has 4 aromatic carbocycles. The highest BCUT2D eigenvalue weighted by Crippen LogP contribution is 2.48. The van der Waals surface area contributed by atoms with Crippen LogP contribution in [0.4, 0.5) is 13.6 Å². The van der Waals surface area contributed by atoms with E-state index in [1.54, 1.807) is 24.3 Å². The molecule has 2 amide bonds. The third-order valence-corrected chi connectivity index (χ3v) is 14.5. The Bertz CT molecular complexity index is 2630. The fraction of sp³-hybridized carbons (Fsp3) is 0.385. The maximum absolute atomic E-state index is 14.7. The number of hydrogen-bond donors (Lipinski definition) is 2. The van der Waals surface area contributed by atoms with Crippen molar-refractivity contribution in [2.45, 2.75) is 81.8 Å². The highest BCUT2D eigenvalue weighted by molar-refractivity contribution is 6.35. The normalized spacial score (nSPS) is 21.6. The molecule has 2 N–H and O–H groups in total. The van der Waals surface area contributed by atoms with Gasteiger partial charge in [-0.25, -0.2) is 9.59 Å². The standard InChI is InChI=1S/C52H52Cl2F2N4O9/c53-42-27-59(65)28-43(54)40(42)26-41(37-16-17-44(68-50(55)56)45(25-37)67-31-32-10-11-32)52(49(62)63)20-5-21-60(52)48(61)36-14-12-33(13-15-36)30-66-39-9-4-8-38(24-39)47(35-6-2-1-3-7-35)57-51(64)69-46-29-58-22-18-34(46)19-23-58/h1-4,6-9,12-17,24-25,27-28,32,34,41,46-47,50H,5,10-11,18-23,26,29-31H2,(H,57,64)(H,62,63)/t41-,46-,47-,52-/m0/s1. The van der Waals surface area contributed by atoms with Crippen LogP contribution in [0.1, 0.15) is 88.7 Å². The Morgan fingerprint density at radius 1 is 0.841 bits per heavy atom. The molecule has 17 heteroatoms. The van der Waals surface area contributed by atoms with E-state index in [-0.39, 0.29) is 77.3 Å². The van der Waals surface area contributed by atoms with Crippen LogP contribution in [-0.2, 0) is 22.6 Å². The third-order valence-electron chi connectivity index (χ3n) is 13.9.